The molecule has 4 nitrogen and oxygen atoms in total. The standard InChI is InChI=1S/C33H28ClN3O/c34-27-15-11-24(12-16-27)30-9-5-4-6-26(30)22-38-29-17-13-25(14-18-29)33-36-31-20-23(21-35)10-19-32(31)37(33)28-7-2-1-3-8-28/h4-6,9-20,28H,1-3,7-8,22H2. The Bertz CT molecular complexity index is 1610. The summed E-state index contributed by atoms with van der Waals surface area (Å²) in [5, 5.41) is 10.1. The summed E-state index contributed by atoms with van der Waals surface area (Å²) in [7, 11) is 0. The number of ether oxygens (including phenoxy) is 1. The molecule has 1 heterocycles. The fourth-order valence-corrected chi connectivity index (χ4v) is 5.63. The van der Waals surface area contributed by atoms with Gasteiger partial charge in [0.05, 0.1) is 22.7 Å². The summed E-state index contributed by atoms with van der Waals surface area (Å²) in [6.07, 6.45) is 6.10. The first-order valence-corrected chi connectivity index (χ1v) is 13.6. The number of benzene rings is 4. The summed E-state index contributed by atoms with van der Waals surface area (Å²) in [6.45, 7) is 0.468. The van der Waals surface area contributed by atoms with Crippen molar-refractivity contribution in [1.82, 2.24) is 9.55 Å². The van der Waals surface area contributed by atoms with Crippen LogP contribution in [0.25, 0.3) is 33.5 Å². The Balaban J connectivity index is 1.27. The molecular formula is C33H28ClN3O. The lowest BCUT2D eigenvalue weighted by Crippen LogP contribution is -2.14. The summed E-state index contributed by atoms with van der Waals surface area (Å²) in [6, 6.07) is 32.9. The molecule has 1 fully saturated rings. The van der Waals surface area contributed by atoms with Gasteiger partial charge >= 0.3 is 0 Å². The normalized spacial score (nSPS) is 13.9. The third-order valence-electron chi connectivity index (χ3n) is 7.44. The minimum atomic E-state index is 0.428. The third kappa shape index (κ3) is 4.90. The average Bonchev–Trinajstić information content (AvgIpc) is 3.36. The Hall–Kier alpha value is -4.07. The number of imidazole rings is 1. The second-order valence-electron chi connectivity index (χ2n) is 9.89. The predicted octanol–water partition coefficient (Wildman–Crippen LogP) is 8.98. The van der Waals surface area contributed by atoms with Gasteiger partial charge in [-0.2, -0.15) is 5.26 Å². The van der Waals surface area contributed by atoms with Crippen LogP contribution in [0.5, 0.6) is 5.75 Å². The zero-order valence-corrected chi connectivity index (χ0v) is 21.9. The number of hydrogen-bond acceptors (Lipinski definition) is 3. The van der Waals surface area contributed by atoms with E-state index in [1.54, 1.807) is 0 Å². The molecule has 1 aromatic heterocycles. The lowest BCUT2D eigenvalue weighted by Gasteiger charge is -2.25. The summed E-state index contributed by atoms with van der Waals surface area (Å²) >= 11 is 6.08. The summed E-state index contributed by atoms with van der Waals surface area (Å²) in [5.41, 5.74) is 7.04. The lowest BCUT2D eigenvalue weighted by atomic mass is 9.95. The second-order valence-corrected chi connectivity index (χ2v) is 10.3. The number of nitrogens with zero attached hydrogens (tertiary/aromatic N) is 3. The van der Waals surface area contributed by atoms with Gasteiger partial charge in [-0.15, -0.1) is 0 Å². The monoisotopic (exact) mass is 517 g/mol. The highest BCUT2D eigenvalue weighted by molar-refractivity contribution is 6.30. The number of hydrogen-bond donors (Lipinski definition) is 0. The van der Waals surface area contributed by atoms with Crippen molar-refractivity contribution >= 4 is 22.6 Å². The van der Waals surface area contributed by atoms with Crippen LogP contribution in [0.3, 0.4) is 0 Å². The zero-order valence-electron chi connectivity index (χ0n) is 21.1. The number of aromatic nitrogens is 2. The first-order valence-electron chi connectivity index (χ1n) is 13.2. The van der Waals surface area contributed by atoms with Crippen LogP contribution in [-0.4, -0.2) is 9.55 Å². The molecular weight excluding hydrogens is 490 g/mol. The summed E-state index contributed by atoms with van der Waals surface area (Å²) in [4.78, 5) is 5.00. The second kappa shape index (κ2) is 10.7. The van der Waals surface area contributed by atoms with E-state index >= 15 is 0 Å². The average molecular weight is 518 g/mol. The van der Waals surface area contributed by atoms with Gasteiger partial charge in [-0.1, -0.05) is 67.3 Å². The molecule has 0 saturated heterocycles. The number of rotatable bonds is 6. The van der Waals surface area contributed by atoms with E-state index in [0.717, 1.165) is 62.7 Å². The number of fused-ring (bicyclic) bond motifs is 1. The SMILES string of the molecule is N#Cc1ccc2c(c1)nc(-c1ccc(OCc3ccccc3-c3ccc(Cl)cc3)cc1)n2C1CCCCC1. The van der Waals surface area contributed by atoms with E-state index in [1.165, 1.54) is 19.3 Å². The molecule has 0 bridgehead atoms. The Morgan fingerprint density at radius 2 is 1.61 bits per heavy atom. The topological polar surface area (TPSA) is 50.8 Å². The Morgan fingerprint density at radius 1 is 0.868 bits per heavy atom. The molecule has 4 aromatic carbocycles. The highest BCUT2D eigenvalue weighted by Gasteiger charge is 2.22. The first kappa shape index (κ1) is 24.3. The van der Waals surface area contributed by atoms with Crippen LogP contribution in [0, 0.1) is 11.3 Å². The molecule has 0 atom stereocenters. The molecule has 0 unspecified atom stereocenters. The van der Waals surface area contributed by atoms with Crippen LogP contribution >= 0.6 is 11.6 Å². The smallest absolute Gasteiger partial charge is 0.141 e. The van der Waals surface area contributed by atoms with Gasteiger partial charge in [0.2, 0.25) is 0 Å². The molecule has 0 amide bonds. The van der Waals surface area contributed by atoms with Crippen molar-refractivity contribution in [3.8, 4) is 34.3 Å². The summed E-state index contributed by atoms with van der Waals surface area (Å²) < 4.78 is 8.61. The van der Waals surface area contributed by atoms with Gasteiger partial charge in [-0.25, -0.2) is 4.98 Å². The van der Waals surface area contributed by atoms with E-state index in [4.69, 9.17) is 21.3 Å². The fourth-order valence-electron chi connectivity index (χ4n) is 5.50. The minimum Gasteiger partial charge on any atom is -0.489 e. The van der Waals surface area contributed by atoms with Crippen LogP contribution in [0.4, 0.5) is 0 Å². The third-order valence-corrected chi connectivity index (χ3v) is 7.69. The molecule has 0 radical (unpaired) electrons. The molecule has 188 valence electrons. The van der Waals surface area contributed by atoms with E-state index < -0.39 is 0 Å². The van der Waals surface area contributed by atoms with E-state index in [0.29, 0.717) is 18.2 Å². The molecule has 5 heteroatoms. The van der Waals surface area contributed by atoms with Gasteiger partial charge in [0.15, 0.2) is 0 Å². The molecule has 0 aliphatic heterocycles. The predicted molar refractivity (Wildman–Crippen MR) is 153 cm³/mol. The van der Waals surface area contributed by atoms with Crippen LogP contribution in [0.1, 0.15) is 49.3 Å². The minimum absolute atomic E-state index is 0.428. The highest BCUT2D eigenvalue weighted by atomic mass is 35.5. The Morgan fingerprint density at radius 3 is 2.37 bits per heavy atom. The van der Waals surface area contributed by atoms with Crippen LogP contribution in [0.15, 0.2) is 91.0 Å². The van der Waals surface area contributed by atoms with Gasteiger partial charge in [-0.05, 0) is 84.1 Å². The number of nitriles is 1. The Labute approximate surface area is 228 Å². The maximum Gasteiger partial charge on any atom is 0.141 e. The Kier molecular flexibility index (Phi) is 6.86. The molecule has 0 N–H and O–H groups in total. The van der Waals surface area contributed by atoms with Crippen molar-refractivity contribution in [1.29, 1.82) is 5.26 Å². The van der Waals surface area contributed by atoms with Crippen LogP contribution in [0.2, 0.25) is 5.02 Å². The van der Waals surface area contributed by atoms with E-state index in [2.05, 4.69) is 41.0 Å². The van der Waals surface area contributed by atoms with Crippen molar-refractivity contribution in [2.75, 3.05) is 0 Å². The molecule has 0 spiro atoms. The molecule has 5 aromatic rings. The maximum atomic E-state index is 9.39. The lowest BCUT2D eigenvalue weighted by molar-refractivity contribution is 0.307. The van der Waals surface area contributed by atoms with E-state index in [9.17, 15) is 5.26 Å². The molecule has 1 aliphatic carbocycles. The van der Waals surface area contributed by atoms with Crippen molar-refractivity contribution in [3.63, 3.8) is 0 Å². The number of halogens is 1. The van der Waals surface area contributed by atoms with Crippen LogP contribution < -0.4 is 4.74 Å². The van der Waals surface area contributed by atoms with Crippen molar-refractivity contribution < 1.29 is 4.74 Å². The van der Waals surface area contributed by atoms with Crippen molar-refractivity contribution in [2.45, 2.75) is 44.8 Å². The largest absolute Gasteiger partial charge is 0.489 e. The first-order chi connectivity index (χ1) is 18.7. The quantitative estimate of drug-likeness (QED) is 0.226. The van der Waals surface area contributed by atoms with Gasteiger partial charge in [0, 0.05) is 16.6 Å². The van der Waals surface area contributed by atoms with Gasteiger partial charge in [0.1, 0.15) is 18.2 Å². The molecule has 38 heavy (non-hydrogen) atoms. The van der Waals surface area contributed by atoms with E-state index in [-0.39, 0.29) is 0 Å². The summed E-state index contributed by atoms with van der Waals surface area (Å²) in [5.74, 6) is 1.77. The van der Waals surface area contributed by atoms with Gasteiger partial charge in [0.25, 0.3) is 0 Å². The maximum absolute atomic E-state index is 9.39. The van der Waals surface area contributed by atoms with Gasteiger partial charge in [-0.3, -0.25) is 0 Å². The van der Waals surface area contributed by atoms with Crippen molar-refractivity contribution in [2.24, 2.45) is 0 Å². The highest BCUT2D eigenvalue weighted by Crippen LogP contribution is 2.36. The van der Waals surface area contributed by atoms with Crippen molar-refractivity contribution in [3.05, 3.63) is 107 Å². The molecule has 6 rings (SSSR count). The fraction of sp³-hybridized carbons (Fsp3) is 0.212. The molecule has 1 aliphatic rings. The van der Waals surface area contributed by atoms with E-state index in [1.807, 2.05) is 60.7 Å². The van der Waals surface area contributed by atoms with Gasteiger partial charge < -0.3 is 9.30 Å². The molecule has 1 saturated carbocycles. The van der Waals surface area contributed by atoms with Crippen LogP contribution in [-0.2, 0) is 6.61 Å². The zero-order chi connectivity index (χ0) is 25.9.